The summed E-state index contributed by atoms with van der Waals surface area (Å²) in [6.45, 7) is 6.60. The zero-order valence-electron chi connectivity index (χ0n) is 12.6. The molecule has 3 rings (SSSR count). The highest BCUT2D eigenvalue weighted by Crippen LogP contribution is 2.51. The molecule has 2 aliphatic rings. The zero-order valence-corrected chi connectivity index (χ0v) is 12.6. The number of hydrogen-bond acceptors (Lipinski definition) is 1. The van der Waals surface area contributed by atoms with Gasteiger partial charge in [0.1, 0.15) is 0 Å². The van der Waals surface area contributed by atoms with Crippen LogP contribution >= 0.6 is 0 Å². The Morgan fingerprint density at radius 2 is 2.00 bits per heavy atom. The zero-order chi connectivity index (χ0) is 13.6. The Bertz CT molecular complexity index is 475. The van der Waals surface area contributed by atoms with Gasteiger partial charge < -0.3 is 5.73 Å². The van der Waals surface area contributed by atoms with Crippen LogP contribution in [0.4, 0.5) is 0 Å². The lowest BCUT2D eigenvalue weighted by molar-refractivity contribution is 0.252. The molecule has 1 nitrogen and oxygen atoms in total. The molecule has 4 atom stereocenters. The van der Waals surface area contributed by atoms with Crippen LogP contribution in [0.3, 0.4) is 0 Å². The van der Waals surface area contributed by atoms with E-state index in [-0.39, 0.29) is 5.54 Å². The molecule has 2 bridgehead atoms. The van der Waals surface area contributed by atoms with Crippen LogP contribution in [0.2, 0.25) is 0 Å². The van der Waals surface area contributed by atoms with Crippen LogP contribution < -0.4 is 5.73 Å². The second kappa shape index (κ2) is 4.63. The third-order valence-electron chi connectivity index (χ3n) is 5.58. The molecule has 2 fully saturated rings. The average molecular weight is 257 g/mol. The van der Waals surface area contributed by atoms with E-state index in [9.17, 15) is 0 Å². The van der Waals surface area contributed by atoms with Crippen LogP contribution in [0.25, 0.3) is 0 Å². The molecule has 0 saturated heterocycles. The summed E-state index contributed by atoms with van der Waals surface area (Å²) in [5, 5.41) is 0. The molecule has 0 aliphatic heterocycles. The average Bonchev–Trinajstić information content (AvgIpc) is 2.93. The summed E-state index contributed by atoms with van der Waals surface area (Å²) in [5.74, 6) is 2.86. The van der Waals surface area contributed by atoms with Crippen molar-refractivity contribution in [2.45, 2.75) is 58.4 Å². The predicted octanol–water partition coefficient (Wildman–Crippen LogP) is 4.30. The number of fused-ring (bicyclic) bond motifs is 2. The summed E-state index contributed by atoms with van der Waals surface area (Å²) < 4.78 is 0. The van der Waals surface area contributed by atoms with E-state index in [2.05, 4.69) is 39.0 Å². The van der Waals surface area contributed by atoms with E-state index in [1.807, 2.05) is 0 Å². The minimum atomic E-state index is -0.161. The van der Waals surface area contributed by atoms with Crippen molar-refractivity contribution in [2.75, 3.05) is 0 Å². The Hall–Kier alpha value is -0.820. The van der Waals surface area contributed by atoms with Crippen LogP contribution in [0.5, 0.6) is 0 Å². The van der Waals surface area contributed by atoms with Gasteiger partial charge in [-0.3, -0.25) is 0 Å². The van der Waals surface area contributed by atoms with Gasteiger partial charge in [-0.2, -0.15) is 0 Å². The Kier molecular flexibility index (Phi) is 3.21. The lowest BCUT2D eigenvalue weighted by Gasteiger charge is -2.33. The van der Waals surface area contributed by atoms with Crippen molar-refractivity contribution in [1.82, 2.24) is 0 Å². The molecule has 4 unspecified atom stereocenters. The lowest BCUT2D eigenvalue weighted by Crippen LogP contribution is -2.37. The second-order valence-corrected chi connectivity index (χ2v) is 7.37. The van der Waals surface area contributed by atoms with Crippen LogP contribution in [-0.2, 0) is 5.54 Å². The molecule has 1 aromatic rings. The topological polar surface area (TPSA) is 26.0 Å². The number of aryl methyl sites for hydroxylation is 2. The van der Waals surface area contributed by atoms with E-state index in [1.54, 1.807) is 0 Å². The van der Waals surface area contributed by atoms with Crippen LogP contribution in [0.15, 0.2) is 18.2 Å². The van der Waals surface area contributed by atoms with Gasteiger partial charge in [0, 0.05) is 5.54 Å². The van der Waals surface area contributed by atoms with E-state index in [1.165, 1.54) is 48.8 Å². The maximum absolute atomic E-state index is 6.72. The summed E-state index contributed by atoms with van der Waals surface area (Å²) in [5.41, 5.74) is 10.6. The summed E-state index contributed by atoms with van der Waals surface area (Å²) in [6, 6.07) is 6.70. The summed E-state index contributed by atoms with van der Waals surface area (Å²) >= 11 is 0. The number of rotatable bonds is 3. The van der Waals surface area contributed by atoms with Crippen molar-refractivity contribution in [3.8, 4) is 0 Å². The monoisotopic (exact) mass is 257 g/mol. The molecule has 104 valence electrons. The van der Waals surface area contributed by atoms with Gasteiger partial charge in [0.25, 0.3) is 0 Å². The number of benzene rings is 1. The Morgan fingerprint density at radius 3 is 2.63 bits per heavy atom. The Labute approximate surface area is 117 Å². The van der Waals surface area contributed by atoms with Gasteiger partial charge in [0.15, 0.2) is 0 Å². The number of hydrogen-bond donors (Lipinski definition) is 1. The molecule has 2 N–H and O–H groups in total. The highest BCUT2D eigenvalue weighted by molar-refractivity contribution is 5.35. The third kappa shape index (κ3) is 2.45. The van der Waals surface area contributed by atoms with E-state index in [0.717, 1.165) is 17.8 Å². The fourth-order valence-electron chi connectivity index (χ4n) is 4.63. The smallest absolute Gasteiger partial charge is 0.0386 e. The van der Waals surface area contributed by atoms with Gasteiger partial charge in [0.2, 0.25) is 0 Å². The first kappa shape index (κ1) is 13.2. The third-order valence-corrected chi connectivity index (χ3v) is 5.58. The van der Waals surface area contributed by atoms with E-state index < -0.39 is 0 Å². The first-order chi connectivity index (χ1) is 8.95. The summed E-state index contributed by atoms with van der Waals surface area (Å²) in [6.07, 6.45) is 7.01. The second-order valence-electron chi connectivity index (χ2n) is 7.37. The van der Waals surface area contributed by atoms with Crippen molar-refractivity contribution in [3.05, 3.63) is 34.9 Å². The van der Waals surface area contributed by atoms with Gasteiger partial charge in [-0.15, -0.1) is 0 Å². The van der Waals surface area contributed by atoms with Crippen LogP contribution in [-0.4, -0.2) is 0 Å². The molecule has 2 aliphatic carbocycles. The molecular formula is C18H27N. The molecule has 0 heterocycles. The van der Waals surface area contributed by atoms with E-state index >= 15 is 0 Å². The fourth-order valence-corrected chi connectivity index (χ4v) is 4.63. The molecule has 2 saturated carbocycles. The van der Waals surface area contributed by atoms with Crippen molar-refractivity contribution >= 4 is 0 Å². The number of nitrogens with two attached hydrogens (primary N) is 1. The van der Waals surface area contributed by atoms with Crippen LogP contribution in [0.1, 0.15) is 55.7 Å². The largest absolute Gasteiger partial charge is 0.322 e. The van der Waals surface area contributed by atoms with E-state index in [4.69, 9.17) is 5.73 Å². The van der Waals surface area contributed by atoms with Gasteiger partial charge >= 0.3 is 0 Å². The standard InChI is InChI=1S/C18H27N/c1-12-4-5-13(2)17(8-12)18(3,19)11-16-10-14-6-7-15(16)9-14/h4-5,8,14-16H,6-7,9-11,19H2,1-3H3. The minimum Gasteiger partial charge on any atom is -0.322 e. The molecule has 1 aromatic carbocycles. The van der Waals surface area contributed by atoms with Crippen molar-refractivity contribution in [1.29, 1.82) is 0 Å². The first-order valence-corrected chi connectivity index (χ1v) is 7.82. The van der Waals surface area contributed by atoms with Crippen molar-refractivity contribution < 1.29 is 0 Å². The van der Waals surface area contributed by atoms with Gasteiger partial charge in [-0.05, 0) is 75.3 Å². The molecule has 0 aromatic heterocycles. The van der Waals surface area contributed by atoms with E-state index in [0.29, 0.717) is 0 Å². The quantitative estimate of drug-likeness (QED) is 0.858. The van der Waals surface area contributed by atoms with Crippen molar-refractivity contribution in [2.24, 2.45) is 23.5 Å². The summed E-state index contributed by atoms with van der Waals surface area (Å²) in [7, 11) is 0. The first-order valence-electron chi connectivity index (χ1n) is 7.82. The lowest BCUT2D eigenvalue weighted by atomic mass is 9.76. The maximum atomic E-state index is 6.72. The predicted molar refractivity (Wildman–Crippen MR) is 81.0 cm³/mol. The normalized spacial score (nSPS) is 32.5. The van der Waals surface area contributed by atoms with Gasteiger partial charge in [0.05, 0.1) is 0 Å². The highest BCUT2D eigenvalue weighted by atomic mass is 14.7. The SMILES string of the molecule is Cc1ccc(C)c(C(C)(N)CC2CC3CCC2C3)c1. The highest BCUT2D eigenvalue weighted by Gasteiger charge is 2.42. The summed E-state index contributed by atoms with van der Waals surface area (Å²) in [4.78, 5) is 0. The molecule has 0 amide bonds. The maximum Gasteiger partial charge on any atom is 0.0386 e. The minimum absolute atomic E-state index is 0.161. The molecule has 1 heteroatoms. The molecule has 0 radical (unpaired) electrons. The van der Waals surface area contributed by atoms with Gasteiger partial charge in [-0.25, -0.2) is 0 Å². The van der Waals surface area contributed by atoms with Crippen molar-refractivity contribution in [3.63, 3.8) is 0 Å². The van der Waals surface area contributed by atoms with Gasteiger partial charge in [-0.1, -0.05) is 30.2 Å². The van der Waals surface area contributed by atoms with Crippen LogP contribution in [0, 0.1) is 31.6 Å². The molecule has 0 spiro atoms. The molecular weight excluding hydrogens is 230 g/mol. The molecule has 19 heavy (non-hydrogen) atoms. The Balaban J connectivity index is 1.80. The fraction of sp³-hybridized carbons (Fsp3) is 0.667. The Morgan fingerprint density at radius 1 is 1.21 bits per heavy atom.